The molecule has 1 atom stereocenters. The molecule has 1 aromatic carbocycles. The molecular weight excluding hydrogens is 238 g/mol. The van der Waals surface area contributed by atoms with Crippen LogP contribution >= 0.6 is 0 Å². The number of benzene rings is 1. The van der Waals surface area contributed by atoms with Gasteiger partial charge in [-0.3, -0.25) is 9.69 Å². The average Bonchev–Trinajstić information content (AvgIpc) is 2.91. The fourth-order valence-electron chi connectivity index (χ4n) is 2.37. The minimum atomic E-state index is -0.428. The van der Waals surface area contributed by atoms with Crippen molar-refractivity contribution in [3.05, 3.63) is 29.8 Å². The lowest BCUT2D eigenvalue weighted by atomic mass is 10.1. The first-order chi connectivity index (χ1) is 9.19. The van der Waals surface area contributed by atoms with E-state index in [0.717, 1.165) is 12.2 Å². The second-order valence-corrected chi connectivity index (χ2v) is 5.19. The number of nitrogens with one attached hydrogen (secondary N) is 1. The van der Waals surface area contributed by atoms with Crippen LogP contribution in [-0.2, 0) is 11.3 Å². The van der Waals surface area contributed by atoms with Gasteiger partial charge in [-0.1, -0.05) is 19.1 Å². The van der Waals surface area contributed by atoms with Gasteiger partial charge in [-0.05, 0) is 50.0 Å². The van der Waals surface area contributed by atoms with Gasteiger partial charge < -0.3 is 11.1 Å². The van der Waals surface area contributed by atoms with Crippen LogP contribution in [0, 0.1) is 0 Å². The third-order valence-corrected chi connectivity index (χ3v) is 3.58. The molecule has 1 saturated heterocycles. The molecule has 2 rings (SSSR count). The molecule has 4 nitrogen and oxygen atoms in total. The van der Waals surface area contributed by atoms with Crippen LogP contribution in [0.5, 0.6) is 0 Å². The van der Waals surface area contributed by atoms with E-state index in [1.54, 1.807) is 0 Å². The molecule has 1 aliphatic heterocycles. The Morgan fingerprint density at radius 3 is 2.84 bits per heavy atom. The third-order valence-electron chi connectivity index (χ3n) is 3.58. The van der Waals surface area contributed by atoms with Gasteiger partial charge in [-0.25, -0.2) is 0 Å². The van der Waals surface area contributed by atoms with E-state index in [-0.39, 0.29) is 5.91 Å². The maximum Gasteiger partial charge on any atom is 0.241 e. The molecule has 0 radical (unpaired) electrons. The summed E-state index contributed by atoms with van der Waals surface area (Å²) in [4.78, 5) is 14.2. The van der Waals surface area contributed by atoms with Crippen molar-refractivity contribution in [2.24, 2.45) is 5.73 Å². The van der Waals surface area contributed by atoms with Crippen molar-refractivity contribution in [3.63, 3.8) is 0 Å². The van der Waals surface area contributed by atoms with Crippen molar-refractivity contribution in [1.29, 1.82) is 0 Å². The fraction of sp³-hybridized carbons (Fsp3) is 0.533. The molecular formula is C15H23N3O. The molecule has 0 unspecified atom stereocenters. The van der Waals surface area contributed by atoms with E-state index < -0.39 is 6.04 Å². The summed E-state index contributed by atoms with van der Waals surface area (Å²) in [6.07, 6.45) is 3.24. The van der Waals surface area contributed by atoms with Gasteiger partial charge in [0.05, 0.1) is 6.04 Å². The van der Waals surface area contributed by atoms with E-state index in [4.69, 9.17) is 5.73 Å². The van der Waals surface area contributed by atoms with E-state index in [2.05, 4.69) is 16.3 Å². The highest BCUT2D eigenvalue weighted by Crippen LogP contribution is 2.16. The smallest absolute Gasteiger partial charge is 0.241 e. The molecule has 1 aromatic rings. The number of rotatable bonds is 5. The van der Waals surface area contributed by atoms with E-state index in [9.17, 15) is 4.79 Å². The lowest BCUT2D eigenvalue weighted by molar-refractivity contribution is -0.117. The Labute approximate surface area is 115 Å². The van der Waals surface area contributed by atoms with Crippen molar-refractivity contribution in [2.75, 3.05) is 18.4 Å². The Bertz CT molecular complexity index is 427. The average molecular weight is 261 g/mol. The number of nitrogens with zero attached hydrogens (tertiary/aromatic N) is 1. The molecule has 19 heavy (non-hydrogen) atoms. The fourth-order valence-corrected chi connectivity index (χ4v) is 2.37. The topological polar surface area (TPSA) is 58.4 Å². The van der Waals surface area contributed by atoms with Gasteiger partial charge in [0, 0.05) is 12.2 Å². The summed E-state index contributed by atoms with van der Waals surface area (Å²) < 4.78 is 0. The van der Waals surface area contributed by atoms with Crippen LogP contribution in [0.1, 0.15) is 31.7 Å². The lowest BCUT2D eigenvalue weighted by Gasteiger charge is -2.16. The largest absolute Gasteiger partial charge is 0.325 e. The summed E-state index contributed by atoms with van der Waals surface area (Å²) in [7, 11) is 0. The summed E-state index contributed by atoms with van der Waals surface area (Å²) in [6, 6.07) is 7.61. The SMILES string of the molecule is CC[C@@H](N)C(=O)Nc1cccc(CN2CCCC2)c1. The number of nitrogens with two attached hydrogens (primary N) is 1. The summed E-state index contributed by atoms with van der Waals surface area (Å²) in [5, 5.41) is 2.88. The number of carbonyl (C=O) groups excluding carboxylic acids is 1. The van der Waals surface area contributed by atoms with Gasteiger partial charge in [0.15, 0.2) is 0 Å². The Morgan fingerprint density at radius 2 is 2.16 bits per heavy atom. The number of hydrogen-bond acceptors (Lipinski definition) is 3. The zero-order chi connectivity index (χ0) is 13.7. The minimum absolute atomic E-state index is 0.110. The molecule has 1 heterocycles. The molecule has 0 saturated carbocycles. The predicted octanol–water partition coefficient (Wildman–Crippen LogP) is 1.96. The van der Waals surface area contributed by atoms with E-state index in [0.29, 0.717) is 6.42 Å². The Kier molecular flexibility index (Phi) is 4.93. The molecule has 0 spiro atoms. The van der Waals surface area contributed by atoms with Crippen LogP contribution in [0.15, 0.2) is 24.3 Å². The Morgan fingerprint density at radius 1 is 1.42 bits per heavy atom. The second-order valence-electron chi connectivity index (χ2n) is 5.19. The number of amides is 1. The van der Waals surface area contributed by atoms with Crippen LogP contribution in [0.25, 0.3) is 0 Å². The Balaban J connectivity index is 1.96. The van der Waals surface area contributed by atoms with Gasteiger partial charge >= 0.3 is 0 Å². The summed E-state index contributed by atoms with van der Waals surface area (Å²) in [5.74, 6) is -0.110. The molecule has 104 valence electrons. The first-order valence-electron chi connectivity index (χ1n) is 7.07. The molecule has 0 aliphatic carbocycles. The van der Waals surface area contributed by atoms with Crippen molar-refractivity contribution < 1.29 is 4.79 Å². The summed E-state index contributed by atoms with van der Waals surface area (Å²) in [5.41, 5.74) is 7.79. The van der Waals surface area contributed by atoms with Gasteiger partial charge in [0.1, 0.15) is 0 Å². The van der Waals surface area contributed by atoms with Gasteiger partial charge in [0.2, 0.25) is 5.91 Å². The Hall–Kier alpha value is -1.39. The number of hydrogen-bond donors (Lipinski definition) is 2. The highest BCUT2D eigenvalue weighted by molar-refractivity contribution is 5.94. The van der Waals surface area contributed by atoms with Crippen molar-refractivity contribution >= 4 is 11.6 Å². The monoisotopic (exact) mass is 261 g/mol. The zero-order valence-corrected chi connectivity index (χ0v) is 11.6. The van der Waals surface area contributed by atoms with Crippen LogP contribution in [-0.4, -0.2) is 29.9 Å². The van der Waals surface area contributed by atoms with Crippen LogP contribution in [0.3, 0.4) is 0 Å². The highest BCUT2D eigenvalue weighted by Gasteiger charge is 2.13. The number of anilines is 1. The van der Waals surface area contributed by atoms with Gasteiger partial charge in [0.25, 0.3) is 0 Å². The number of likely N-dealkylation sites (tertiary alicyclic amines) is 1. The summed E-state index contributed by atoms with van der Waals surface area (Å²) >= 11 is 0. The standard InChI is InChI=1S/C15H23N3O/c1-2-14(16)15(19)17-13-7-5-6-12(10-13)11-18-8-3-4-9-18/h5-7,10,14H,2-4,8-9,11,16H2,1H3,(H,17,19)/t14-/m1/s1. The molecule has 0 aromatic heterocycles. The van der Waals surface area contributed by atoms with E-state index >= 15 is 0 Å². The molecule has 3 N–H and O–H groups in total. The minimum Gasteiger partial charge on any atom is -0.325 e. The highest BCUT2D eigenvalue weighted by atomic mass is 16.2. The zero-order valence-electron chi connectivity index (χ0n) is 11.6. The molecule has 1 amide bonds. The molecule has 1 fully saturated rings. The van der Waals surface area contributed by atoms with Crippen molar-refractivity contribution in [1.82, 2.24) is 4.90 Å². The molecule has 4 heteroatoms. The van der Waals surface area contributed by atoms with Crippen molar-refractivity contribution in [2.45, 2.75) is 38.8 Å². The van der Waals surface area contributed by atoms with E-state index in [1.807, 2.05) is 25.1 Å². The molecule has 1 aliphatic rings. The first kappa shape index (κ1) is 14.0. The van der Waals surface area contributed by atoms with Crippen LogP contribution < -0.4 is 11.1 Å². The van der Waals surface area contributed by atoms with Gasteiger partial charge in [-0.15, -0.1) is 0 Å². The maximum atomic E-state index is 11.8. The number of carbonyl (C=O) groups is 1. The van der Waals surface area contributed by atoms with E-state index in [1.165, 1.54) is 31.5 Å². The normalized spacial score (nSPS) is 17.4. The predicted molar refractivity (Wildman–Crippen MR) is 77.8 cm³/mol. The van der Waals surface area contributed by atoms with Crippen molar-refractivity contribution in [3.8, 4) is 0 Å². The van der Waals surface area contributed by atoms with Crippen LogP contribution in [0.4, 0.5) is 5.69 Å². The van der Waals surface area contributed by atoms with Gasteiger partial charge in [-0.2, -0.15) is 0 Å². The quantitative estimate of drug-likeness (QED) is 0.852. The molecule has 0 bridgehead atoms. The van der Waals surface area contributed by atoms with Crippen LogP contribution in [0.2, 0.25) is 0 Å². The first-order valence-corrected chi connectivity index (χ1v) is 7.07. The lowest BCUT2D eigenvalue weighted by Crippen LogP contribution is -2.34. The third kappa shape index (κ3) is 4.04. The summed E-state index contributed by atoms with van der Waals surface area (Å²) in [6.45, 7) is 5.23. The second kappa shape index (κ2) is 6.68. The maximum absolute atomic E-state index is 11.8.